The molecule has 1 aliphatic carbocycles. The summed E-state index contributed by atoms with van der Waals surface area (Å²) in [5.41, 5.74) is 1.07. The van der Waals surface area contributed by atoms with Gasteiger partial charge in [0.1, 0.15) is 11.5 Å². The van der Waals surface area contributed by atoms with Crippen LogP contribution in [0.15, 0.2) is 72.8 Å². The van der Waals surface area contributed by atoms with Crippen LogP contribution in [0.1, 0.15) is 5.82 Å². The molecule has 3 aromatic rings. The number of ether oxygens (including phenoxy) is 2. The number of aliphatic hydroxyl groups excluding tert-OH is 1. The van der Waals surface area contributed by atoms with Crippen molar-refractivity contribution in [2.45, 2.75) is 11.6 Å². The molecular formula is C23H21N3O5. The Balaban J connectivity index is 1.90. The summed E-state index contributed by atoms with van der Waals surface area (Å²) in [5.74, 6) is 1.54. The second-order valence-corrected chi connectivity index (χ2v) is 7.06. The highest BCUT2D eigenvalue weighted by atomic mass is 16.6. The van der Waals surface area contributed by atoms with Crippen molar-refractivity contribution in [2.75, 3.05) is 14.2 Å². The van der Waals surface area contributed by atoms with E-state index in [1.54, 1.807) is 14.2 Å². The predicted octanol–water partition coefficient (Wildman–Crippen LogP) is 3.72. The molecule has 31 heavy (non-hydrogen) atoms. The van der Waals surface area contributed by atoms with Gasteiger partial charge in [0, 0.05) is 28.2 Å². The first-order valence-corrected chi connectivity index (χ1v) is 9.57. The van der Waals surface area contributed by atoms with Crippen LogP contribution in [0, 0.1) is 10.1 Å². The summed E-state index contributed by atoms with van der Waals surface area (Å²) in [6, 6.07) is 14.7. The second-order valence-electron chi connectivity index (χ2n) is 7.06. The largest absolute Gasteiger partial charge is 0.497 e. The van der Waals surface area contributed by atoms with Crippen LogP contribution in [0.5, 0.6) is 11.5 Å². The maximum atomic E-state index is 12.1. The Hall–Kier alpha value is -3.91. The first-order valence-electron chi connectivity index (χ1n) is 9.57. The van der Waals surface area contributed by atoms with Gasteiger partial charge in [-0.2, -0.15) is 0 Å². The van der Waals surface area contributed by atoms with E-state index in [0.29, 0.717) is 22.9 Å². The summed E-state index contributed by atoms with van der Waals surface area (Å²) in [6.07, 6.45) is 4.60. The molecule has 1 aliphatic rings. The molecule has 0 aliphatic heterocycles. The first-order chi connectivity index (χ1) is 15.0. The van der Waals surface area contributed by atoms with Gasteiger partial charge in [-0.25, -0.2) is 4.98 Å². The standard InChI is InChI=1S/C23H21N3O5/c1-30-18-7-3-15(4-8-18)20-21(16-5-9-19(31-2)10-6-16)25-22(24-20)23(26(28)29)13-11-17(27)12-14-23/h3-14,17,27H,1-2H3,(H,24,25). The molecule has 2 aromatic carbocycles. The normalized spacial score (nSPS) is 19.9. The number of benzene rings is 2. The Labute approximate surface area is 178 Å². The van der Waals surface area contributed by atoms with Crippen molar-refractivity contribution in [2.24, 2.45) is 0 Å². The highest BCUT2D eigenvalue weighted by Crippen LogP contribution is 2.37. The Morgan fingerprint density at radius 3 is 1.97 bits per heavy atom. The summed E-state index contributed by atoms with van der Waals surface area (Å²) in [7, 11) is 3.17. The molecule has 0 atom stereocenters. The zero-order valence-electron chi connectivity index (χ0n) is 17.0. The van der Waals surface area contributed by atoms with Crippen LogP contribution >= 0.6 is 0 Å². The van der Waals surface area contributed by atoms with Crippen LogP contribution in [0.4, 0.5) is 0 Å². The van der Waals surface area contributed by atoms with Gasteiger partial charge >= 0.3 is 5.54 Å². The van der Waals surface area contributed by atoms with E-state index < -0.39 is 16.6 Å². The number of aliphatic hydroxyl groups is 1. The lowest BCUT2D eigenvalue weighted by Gasteiger charge is -2.19. The Morgan fingerprint density at radius 2 is 1.48 bits per heavy atom. The highest BCUT2D eigenvalue weighted by Gasteiger charge is 2.45. The van der Waals surface area contributed by atoms with Crippen LogP contribution in [0.25, 0.3) is 22.5 Å². The molecule has 2 N–H and O–H groups in total. The lowest BCUT2D eigenvalue weighted by atomic mass is 9.93. The van der Waals surface area contributed by atoms with E-state index >= 15 is 0 Å². The summed E-state index contributed by atoms with van der Waals surface area (Å²) in [5, 5.41) is 21.8. The van der Waals surface area contributed by atoms with Gasteiger partial charge in [-0.05, 0) is 60.7 Å². The molecule has 4 rings (SSSR count). The Bertz CT molecular complexity index is 1070. The SMILES string of the molecule is COc1ccc(-c2nc(C3([N+](=O)[O-])C=CC(O)C=C3)[nH]c2-c2ccc(OC)cc2)cc1. The van der Waals surface area contributed by atoms with E-state index in [9.17, 15) is 15.2 Å². The molecule has 1 aromatic heterocycles. The average Bonchev–Trinajstić information content (AvgIpc) is 3.25. The number of methoxy groups -OCH3 is 2. The van der Waals surface area contributed by atoms with Crippen molar-refractivity contribution in [3.05, 3.63) is 88.8 Å². The number of aromatic amines is 1. The van der Waals surface area contributed by atoms with Gasteiger partial charge < -0.3 is 19.6 Å². The number of H-pyrrole nitrogens is 1. The van der Waals surface area contributed by atoms with Crippen molar-refractivity contribution in [3.63, 3.8) is 0 Å². The molecule has 1 heterocycles. The predicted molar refractivity (Wildman–Crippen MR) is 116 cm³/mol. The second kappa shape index (κ2) is 8.08. The summed E-state index contributed by atoms with van der Waals surface area (Å²) in [4.78, 5) is 19.4. The van der Waals surface area contributed by atoms with E-state index in [4.69, 9.17) is 9.47 Å². The number of nitro groups is 1. The molecule has 0 spiro atoms. The number of hydrogen-bond donors (Lipinski definition) is 2. The molecule has 0 amide bonds. The summed E-state index contributed by atoms with van der Waals surface area (Å²) in [6.45, 7) is 0. The smallest absolute Gasteiger partial charge is 0.315 e. The minimum Gasteiger partial charge on any atom is -0.497 e. The minimum absolute atomic E-state index is 0.147. The van der Waals surface area contributed by atoms with Gasteiger partial charge in [-0.3, -0.25) is 10.1 Å². The maximum absolute atomic E-state index is 12.1. The first kappa shape index (κ1) is 20.4. The molecule has 0 radical (unpaired) electrons. The average molecular weight is 419 g/mol. The van der Waals surface area contributed by atoms with Gasteiger partial charge in [0.25, 0.3) is 0 Å². The minimum atomic E-state index is -1.70. The van der Waals surface area contributed by atoms with E-state index in [-0.39, 0.29) is 5.82 Å². The number of rotatable bonds is 6. The van der Waals surface area contributed by atoms with Crippen LogP contribution in [0.3, 0.4) is 0 Å². The van der Waals surface area contributed by atoms with Crippen molar-refractivity contribution in [1.29, 1.82) is 0 Å². The third-order valence-corrected chi connectivity index (χ3v) is 5.22. The quantitative estimate of drug-likeness (QED) is 0.358. The van der Waals surface area contributed by atoms with E-state index in [1.807, 2.05) is 48.5 Å². The molecule has 8 heteroatoms. The van der Waals surface area contributed by atoms with Crippen molar-refractivity contribution in [1.82, 2.24) is 9.97 Å². The van der Waals surface area contributed by atoms with Gasteiger partial charge in [0.05, 0.1) is 31.7 Å². The van der Waals surface area contributed by atoms with Gasteiger partial charge in [0.15, 0.2) is 5.82 Å². The Kier molecular flexibility index (Phi) is 5.31. The highest BCUT2D eigenvalue weighted by molar-refractivity contribution is 5.79. The van der Waals surface area contributed by atoms with E-state index in [0.717, 1.165) is 11.1 Å². The molecule has 0 unspecified atom stereocenters. The third kappa shape index (κ3) is 3.69. The fraction of sp³-hybridized carbons (Fsp3) is 0.174. The molecule has 158 valence electrons. The fourth-order valence-corrected chi connectivity index (χ4v) is 3.46. The fourth-order valence-electron chi connectivity index (χ4n) is 3.46. The number of nitrogens with zero attached hydrogens (tertiary/aromatic N) is 2. The monoisotopic (exact) mass is 419 g/mol. The van der Waals surface area contributed by atoms with Crippen molar-refractivity contribution >= 4 is 0 Å². The lowest BCUT2D eigenvalue weighted by molar-refractivity contribution is -0.550. The molecular weight excluding hydrogens is 398 g/mol. The molecule has 0 saturated carbocycles. The van der Waals surface area contributed by atoms with Crippen LogP contribution in [-0.4, -0.2) is 40.3 Å². The lowest BCUT2D eigenvalue weighted by Crippen LogP contribution is -2.34. The van der Waals surface area contributed by atoms with E-state index in [2.05, 4.69) is 9.97 Å². The van der Waals surface area contributed by atoms with Gasteiger partial charge in [-0.15, -0.1) is 0 Å². The summed E-state index contributed by atoms with van der Waals surface area (Å²) >= 11 is 0. The Morgan fingerprint density at radius 1 is 0.968 bits per heavy atom. The van der Waals surface area contributed by atoms with Crippen LogP contribution < -0.4 is 9.47 Å². The van der Waals surface area contributed by atoms with Crippen LogP contribution in [-0.2, 0) is 5.54 Å². The van der Waals surface area contributed by atoms with Gasteiger partial charge in [-0.1, -0.05) is 0 Å². The zero-order valence-corrected chi connectivity index (χ0v) is 17.0. The third-order valence-electron chi connectivity index (χ3n) is 5.22. The zero-order chi connectivity index (χ0) is 22.0. The maximum Gasteiger partial charge on any atom is 0.315 e. The topological polar surface area (TPSA) is 111 Å². The van der Waals surface area contributed by atoms with E-state index in [1.165, 1.54) is 24.3 Å². The van der Waals surface area contributed by atoms with Crippen molar-refractivity contribution < 1.29 is 19.5 Å². The van der Waals surface area contributed by atoms with Crippen molar-refractivity contribution in [3.8, 4) is 34.0 Å². The van der Waals surface area contributed by atoms with Gasteiger partial charge in [0.2, 0.25) is 0 Å². The molecule has 8 nitrogen and oxygen atoms in total. The van der Waals surface area contributed by atoms with Crippen LogP contribution in [0.2, 0.25) is 0 Å². The molecule has 0 fully saturated rings. The number of imidazole rings is 1. The molecule has 0 bridgehead atoms. The summed E-state index contributed by atoms with van der Waals surface area (Å²) < 4.78 is 10.5. The number of aromatic nitrogens is 2. The molecule has 0 saturated heterocycles. The number of hydrogen-bond acceptors (Lipinski definition) is 6. The number of nitrogens with one attached hydrogen (secondary N) is 1.